The number of nitrogens with one attached hydrogen (secondary N) is 2. The first-order valence-corrected chi connectivity index (χ1v) is 7.28. The second-order valence-electron chi connectivity index (χ2n) is 4.40. The molecule has 0 aliphatic rings. The van der Waals surface area contributed by atoms with Gasteiger partial charge in [-0.3, -0.25) is 25.4 Å². The summed E-state index contributed by atoms with van der Waals surface area (Å²) in [6.45, 7) is 1.59. The maximum Gasteiger partial charge on any atom is 0.279 e. The van der Waals surface area contributed by atoms with E-state index in [0.717, 1.165) is 4.47 Å². The number of hydrogen-bond acceptors (Lipinski definition) is 4. The summed E-state index contributed by atoms with van der Waals surface area (Å²) in [5.74, 6) is -0.328. The minimum atomic E-state index is -0.757. The van der Waals surface area contributed by atoms with Crippen LogP contribution in [0.3, 0.4) is 0 Å². The quantitative estimate of drug-likeness (QED) is 0.814. The van der Waals surface area contributed by atoms with Crippen LogP contribution >= 0.6 is 15.9 Å². The predicted octanol–water partition coefficient (Wildman–Crippen LogP) is 2.07. The summed E-state index contributed by atoms with van der Waals surface area (Å²) < 4.78 is 6.34. The molecule has 0 saturated heterocycles. The van der Waals surface area contributed by atoms with Gasteiger partial charge in [-0.25, -0.2) is 0 Å². The average molecular weight is 364 g/mol. The number of hydrogen-bond donors (Lipinski definition) is 2. The van der Waals surface area contributed by atoms with Crippen molar-refractivity contribution >= 4 is 27.7 Å². The van der Waals surface area contributed by atoms with E-state index in [0.29, 0.717) is 11.3 Å². The Morgan fingerprint density at radius 3 is 2.59 bits per heavy atom. The number of rotatable bonds is 4. The van der Waals surface area contributed by atoms with Gasteiger partial charge < -0.3 is 4.74 Å². The highest BCUT2D eigenvalue weighted by Gasteiger charge is 2.15. The van der Waals surface area contributed by atoms with Crippen LogP contribution in [-0.4, -0.2) is 22.9 Å². The summed E-state index contributed by atoms with van der Waals surface area (Å²) in [6.07, 6.45) is 2.23. The van der Waals surface area contributed by atoms with E-state index in [1.165, 1.54) is 12.4 Å². The molecule has 0 spiro atoms. The third-order valence-electron chi connectivity index (χ3n) is 2.72. The minimum Gasteiger partial charge on any atom is -0.481 e. The van der Waals surface area contributed by atoms with Gasteiger partial charge in [-0.05, 0) is 37.3 Å². The molecule has 1 unspecified atom stereocenters. The zero-order chi connectivity index (χ0) is 15.9. The van der Waals surface area contributed by atoms with Gasteiger partial charge in [0.05, 0.1) is 0 Å². The molecular formula is C15H14BrN3O3. The lowest BCUT2D eigenvalue weighted by atomic mass is 10.2. The van der Waals surface area contributed by atoms with Crippen molar-refractivity contribution < 1.29 is 14.3 Å². The molecule has 1 atom stereocenters. The first kappa shape index (κ1) is 16.0. The van der Waals surface area contributed by atoms with Crippen LogP contribution in [0.1, 0.15) is 17.3 Å². The van der Waals surface area contributed by atoms with Gasteiger partial charge in [0, 0.05) is 22.4 Å². The highest BCUT2D eigenvalue weighted by atomic mass is 79.9. The molecule has 6 nitrogen and oxygen atoms in total. The van der Waals surface area contributed by atoms with E-state index in [1.807, 2.05) is 6.07 Å². The van der Waals surface area contributed by atoms with Gasteiger partial charge in [-0.1, -0.05) is 22.0 Å². The molecule has 2 N–H and O–H groups in total. The third kappa shape index (κ3) is 4.56. The first-order chi connectivity index (χ1) is 10.6. The third-order valence-corrected chi connectivity index (χ3v) is 3.21. The van der Waals surface area contributed by atoms with Crippen molar-refractivity contribution in [2.24, 2.45) is 0 Å². The summed E-state index contributed by atoms with van der Waals surface area (Å²) in [4.78, 5) is 27.5. The predicted molar refractivity (Wildman–Crippen MR) is 84.1 cm³/mol. The molecule has 0 fully saturated rings. The fourth-order valence-electron chi connectivity index (χ4n) is 1.59. The van der Waals surface area contributed by atoms with Crippen LogP contribution in [0.2, 0.25) is 0 Å². The van der Waals surface area contributed by atoms with Crippen molar-refractivity contribution in [3.8, 4) is 5.75 Å². The molecule has 1 aromatic carbocycles. The molecular weight excluding hydrogens is 350 g/mol. The summed E-state index contributed by atoms with van der Waals surface area (Å²) in [7, 11) is 0. The molecule has 0 saturated carbocycles. The lowest BCUT2D eigenvalue weighted by Crippen LogP contribution is -2.47. The van der Waals surface area contributed by atoms with Crippen LogP contribution in [-0.2, 0) is 4.79 Å². The van der Waals surface area contributed by atoms with E-state index >= 15 is 0 Å². The van der Waals surface area contributed by atoms with Crippen molar-refractivity contribution in [3.05, 3.63) is 58.8 Å². The number of aromatic nitrogens is 1. The fraction of sp³-hybridized carbons (Fsp3) is 0.133. The van der Waals surface area contributed by atoms with E-state index in [4.69, 9.17) is 4.74 Å². The zero-order valence-electron chi connectivity index (χ0n) is 11.7. The highest BCUT2D eigenvalue weighted by Crippen LogP contribution is 2.18. The summed E-state index contributed by atoms with van der Waals surface area (Å²) >= 11 is 3.32. The maximum atomic E-state index is 11.9. The van der Waals surface area contributed by atoms with Crippen molar-refractivity contribution in [1.82, 2.24) is 15.8 Å². The van der Waals surface area contributed by atoms with Gasteiger partial charge >= 0.3 is 0 Å². The number of hydrazine groups is 1. The Labute approximate surface area is 136 Å². The van der Waals surface area contributed by atoms with E-state index in [2.05, 4.69) is 31.8 Å². The maximum absolute atomic E-state index is 11.9. The number of benzene rings is 1. The topological polar surface area (TPSA) is 80.3 Å². The molecule has 0 aliphatic carbocycles. The Bertz CT molecular complexity index is 664. The molecule has 7 heteroatoms. The van der Waals surface area contributed by atoms with E-state index in [1.54, 1.807) is 37.3 Å². The molecule has 2 amide bonds. The van der Waals surface area contributed by atoms with Gasteiger partial charge in [0.25, 0.3) is 11.8 Å². The lowest BCUT2D eigenvalue weighted by Gasteiger charge is -2.15. The fourth-order valence-corrected chi connectivity index (χ4v) is 1.97. The molecule has 22 heavy (non-hydrogen) atoms. The normalized spacial score (nSPS) is 11.4. The summed E-state index contributed by atoms with van der Waals surface area (Å²) in [6, 6.07) is 10.2. The van der Waals surface area contributed by atoms with Gasteiger partial charge in [0.15, 0.2) is 6.10 Å². The van der Waals surface area contributed by atoms with Crippen molar-refractivity contribution in [2.75, 3.05) is 0 Å². The Morgan fingerprint density at radius 2 is 1.91 bits per heavy atom. The van der Waals surface area contributed by atoms with E-state index in [-0.39, 0.29) is 0 Å². The number of carbonyl (C=O) groups excluding carboxylic acids is 2. The number of nitrogens with zero attached hydrogens (tertiary/aromatic N) is 1. The van der Waals surface area contributed by atoms with Crippen LogP contribution in [0.15, 0.2) is 53.3 Å². The number of pyridine rings is 1. The minimum absolute atomic E-state index is 0.399. The Hall–Kier alpha value is -2.41. The Balaban J connectivity index is 1.85. The molecule has 2 rings (SSSR count). The van der Waals surface area contributed by atoms with Gasteiger partial charge in [-0.15, -0.1) is 0 Å². The second kappa shape index (κ2) is 7.56. The van der Waals surface area contributed by atoms with Crippen LogP contribution in [0.25, 0.3) is 0 Å². The molecule has 1 aromatic heterocycles. The number of halogens is 1. The highest BCUT2D eigenvalue weighted by molar-refractivity contribution is 9.10. The Morgan fingerprint density at radius 1 is 1.18 bits per heavy atom. The summed E-state index contributed by atoms with van der Waals surface area (Å²) in [5, 5.41) is 0. The first-order valence-electron chi connectivity index (χ1n) is 6.48. The van der Waals surface area contributed by atoms with Gasteiger partial charge in [-0.2, -0.15) is 0 Å². The van der Waals surface area contributed by atoms with Crippen LogP contribution in [0.4, 0.5) is 0 Å². The van der Waals surface area contributed by atoms with Crippen molar-refractivity contribution in [2.45, 2.75) is 13.0 Å². The smallest absolute Gasteiger partial charge is 0.279 e. The number of carbonyl (C=O) groups is 2. The van der Waals surface area contributed by atoms with E-state index < -0.39 is 17.9 Å². The molecule has 0 radical (unpaired) electrons. The van der Waals surface area contributed by atoms with Crippen molar-refractivity contribution in [1.29, 1.82) is 0 Å². The van der Waals surface area contributed by atoms with Gasteiger partial charge in [0.1, 0.15) is 5.75 Å². The monoisotopic (exact) mass is 363 g/mol. The largest absolute Gasteiger partial charge is 0.481 e. The van der Waals surface area contributed by atoms with Crippen LogP contribution in [0, 0.1) is 0 Å². The molecule has 1 heterocycles. The molecule has 0 bridgehead atoms. The Kier molecular flexibility index (Phi) is 5.48. The molecule has 0 aliphatic heterocycles. The lowest BCUT2D eigenvalue weighted by molar-refractivity contribution is -0.128. The van der Waals surface area contributed by atoms with Crippen LogP contribution in [0.5, 0.6) is 5.75 Å². The second-order valence-corrected chi connectivity index (χ2v) is 5.31. The standard InChI is InChI=1S/C15H14BrN3O3/c1-10(22-13-4-2-3-12(16)9-13)14(20)18-19-15(21)11-5-7-17-8-6-11/h2-10H,1H3,(H,18,20)(H,19,21). The van der Waals surface area contributed by atoms with Crippen molar-refractivity contribution in [3.63, 3.8) is 0 Å². The van der Waals surface area contributed by atoms with Crippen LogP contribution < -0.4 is 15.6 Å². The molecule has 2 aromatic rings. The average Bonchev–Trinajstić information content (AvgIpc) is 2.53. The summed E-state index contributed by atoms with van der Waals surface area (Å²) in [5.41, 5.74) is 5.04. The SMILES string of the molecule is CC(Oc1cccc(Br)c1)C(=O)NNC(=O)c1ccncc1. The van der Waals surface area contributed by atoms with E-state index in [9.17, 15) is 9.59 Å². The molecule has 114 valence electrons. The number of amides is 2. The van der Waals surface area contributed by atoms with Gasteiger partial charge in [0.2, 0.25) is 0 Å². The zero-order valence-corrected chi connectivity index (χ0v) is 13.3. The number of ether oxygens (including phenoxy) is 1.